The van der Waals surface area contributed by atoms with Crippen LogP contribution in [0, 0.1) is 6.92 Å². The Kier molecular flexibility index (Phi) is 12.4. The van der Waals surface area contributed by atoms with Crippen molar-refractivity contribution in [3.8, 4) is 22.5 Å². The van der Waals surface area contributed by atoms with Gasteiger partial charge in [0.15, 0.2) is 11.6 Å². The average Bonchev–Trinajstić information content (AvgIpc) is 3.51. The number of halogens is 1. The van der Waals surface area contributed by atoms with E-state index in [9.17, 15) is 9.18 Å². The molecule has 2 aromatic heterocycles. The molecule has 0 bridgehead atoms. The Morgan fingerprint density at radius 2 is 1.65 bits per heavy atom. The summed E-state index contributed by atoms with van der Waals surface area (Å²) in [4.78, 5) is 20.6. The van der Waals surface area contributed by atoms with Gasteiger partial charge in [0.05, 0.1) is 6.20 Å². The van der Waals surface area contributed by atoms with E-state index in [1.54, 1.807) is 26.2 Å². The molecule has 212 valence electrons. The number of hydrogen-bond acceptors (Lipinski definition) is 5. The molecular weight excluding hydrogens is 501 g/mol. The third kappa shape index (κ3) is 9.56. The predicted molar refractivity (Wildman–Crippen MR) is 165 cm³/mol. The van der Waals surface area contributed by atoms with Crippen LogP contribution in [-0.4, -0.2) is 31.6 Å². The van der Waals surface area contributed by atoms with E-state index in [1.807, 2.05) is 102 Å². The molecule has 7 heteroatoms. The van der Waals surface area contributed by atoms with Gasteiger partial charge in [-0.1, -0.05) is 52.0 Å². The molecule has 6 nitrogen and oxygen atoms in total. The van der Waals surface area contributed by atoms with Crippen LogP contribution in [0.5, 0.6) is 0 Å². The molecule has 0 aliphatic heterocycles. The SMILES string of the molecule is CC.CC(=O)/C(C)=C/c1ccc(-c2nccc(Nc3ccc(-c4cn[nH]c4)cc3)n2)cc1C.CCC(C)(F)CC. The Morgan fingerprint density at radius 3 is 2.17 bits per heavy atom. The molecule has 2 aromatic carbocycles. The topological polar surface area (TPSA) is 83.6 Å². The van der Waals surface area contributed by atoms with Gasteiger partial charge in [0.25, 0.3) is 0 Å². The van der Waals surface area contributed by atoms with E-state index in [0.717, 1.165) is 44.9 Å². The van der Waals surface area contributed by atoms with Crippen molar-refractivity contribution in [3.05, 3.63) is 83.8 Å². The molecule has 4 rings (SSSR count). The molecule has 2 heterocycles. The lowest BCUT2D eigenvalue weighted by molar-refractivity contribution is -0.113. The molecule has 0 spiro atoms. The van der Waals surface area contributed by atoms with Crippen LogP contribution in [0.2, 0.25) is 0 Å². The minimum absolute atomic E-state index is 0.0726. The summed E-state index contributed by atoms with van der Waals surface area (Å²) in [5.74, 6) is 1.43. The standard InChI is InChI=1S/C25H23N5O.C6H13F.C2H6/c1-16(18(3)31)12-20-4-5-21(13-17(20)2)25-26-11-10-24(30-25)29-23-8-6-19(7-9-23)22-14-27-28-15-22;1-4-6(3,7)5-2;1-2/h4-15H,1-3H3,(H,27,28)(H,26,29,30);4-5H2,1-3H3;1-2H3/b16-12+;;. The fourth-order valence-corrected chi connectivity index (χ4v) is 3.43. The highest BCUT2D eigenvalue weighted by atomic mass is 19.1. The van der Waals surface area contributed by atoms with Gasteiger partial charge in [-0.3, -0.25) is 9.89 Å². The highest BCUT2D eigenvalue weighted by Gasteiger charge is 2.15. The lowest BCUT2D eigenvalue weighted by atomic mass is 10.0. The first-order valence-corrected chi connectivity index (χ1v) is 13.8. The number of aromatic nitrogens is 4. The Bertz CT molecular complexity index is 1370. The first-order valence-electron chi connectivity index (χ1n) is 13.8. The number of carbonyl (C=O) groups excluding carboxylic acids is 1. The number of Topliss-reactive ketones (excluding diaryl/α,β-unsaturated/α-hetero) is 1. The number of H-pyrrole nitrogens is 1. The molecule has 0 radical (unpaired) electrons. The Labute approximate surface area is 238 Å². The fourth-order valence-electron chi connectivity index (χ4n) is 3.43. The van der Waals surface area contributed by atoms with Crippen LogP contribution in [0.1, 0.15) is 72.4 Å². The maximum Gasteiger partial charge on any atom is 0.161 e. The molecule has 40 heavy (non-hydrogen) atoms. The molecule has 4 aromatic rings. The average molecular weight is 544 g/mol. The molecule has 0 fully saturated rings. The van der Waals surface area contributed by atoms with Gasteiger partial charge in [0.1, 0.15) is 11.5 Å². The predicted octanol–water partition coefficient (Wildman–Crippen LogP) is 9.14. The van der Waals surface area contributed by atoms with E-state index in [4.69, 9.17) is 0 Å². The highest BCUT2D eigenvalue weighted by molar-refractivity contribution is 5.97. The van der Waals surface area contributed by atoms with Crippen molar-refractivity contribution >= 4 is 23.4 Å². The second-order valence-corrected chi connectivity index (χ2v) is 9.53. The number of aromatic amines is 1. The lowest BCUT2D eigenvalue weighted by Crippen LogP contribution is -2.13. The molecule has 0 aliphatic rings. The van der Waals surface area contributed by atoms with Crippen LogP contribution in [0.3, 0.4) is 0 Å². The maximum absolute atomic E-state index is 12.5. The second kappa shape index (κ2) is 15.5. The Morgan fingerprint density at radius 1 is 1.00 bits per heavy atom. The Balaban J connectivity index is 0.000000545. The summed E-state index contributed by atoms with van der Waals surface area (Å²) in [7, 11) is 0. The first kappa shape index (κ1) is 32.1. The van der Waals surface area contributed by atoms with Crippen molar-refractivity contribution in [2.45, 2.75) is 73.9 Å². The van der Waals surface area contributed by atoms with Gasteiger partial charge >= 0.3 is 0 Å². The summed E-state index contributed by atoms with van der Waals surface area (Å²) in [6.45, 7) is 14.8. The van der Waals surface area contributed by atoms with Crippen LogP contribution in [0.4, 0.5) is 15.9 Å². The largest absolute Gasteiger partial charge is 0.340 e. The molecule has 0 saturated heterocycles. The zero-order valence-electron chi connectivity index (χ0n) is 25.0. The molecule has 0 aliphatic carbocycles. The fraction of sp³-hybridized carbons (Fsp3) is 0.333. The zero-order valence-corrected chi connectivity index (χ0v) is 25.0. The number of nitrogens with one attached hydrogen (secondary N) is 2. The summed E-state index contributed by atoms with van der Waals surface area (Å²) in [5, 5.41) is 10.1. The van der Waals surface area contributed by atoms with Crippen LogP contribution in [-0.2, 0) is 4.79 Å². The van der Waals surface area contributed by atoms with Gasteiger partial charge in [-0.2, -0.15) is 5.10 Å². The summed E-state index contributed by atoms with van der Waals surface area (Å²) in [6.07, 6.45) is 8.57. The molecule has 0 amide bonds. The monoisotopic (exact) mass is 543 g/mol. The number of aryl methyl sites for hydroxylation is 1. The van der Waals surface area contributed by atoms with Gasteiger partial charge in [0, 0.05) is 29.2 Å². The van der Waals surface area contributed by atoms with E-state index in [1.165, 1.54) is 0 Å². The lowest BCUT2D eigenvalue weighted by Gasteiger charge is -2.13. The van der Waals surface area contributed by atoms with E-state index in [2.05, 4.69) is 25.5 Å². The van der Waals surface area contributed by atoms with Gasteiger partial charge in [-0.05, 0) is 93.1 Å². The number of anilines is 2. The summed E-state index contributed by atoms with van der Waals surface area (Å²) in [6, 6.07) is 15.9. The summed E-state index contributed by atoms with van der Waals surface area (Å²) < 4.78 is 12.5. The van der Waals surface area contributed by atoms with Gasteiger partial charge in [-0.15, -0.1) is 0 Å². The van der Waals surface area contributed by atoms with Crippen LogP contribution < -0.4 is 5.32 Å². The van der Waals surface area contributed by atoms with Crippen LogP contribution in [0.25, 0.3) is 28.6 Å². The second-order valence-electron chi connectivity index (χ2n) is 9.53. The van der Waals surface area contributed by atoms with Gasteiger partial charge in [0.2, 0.25) is 0 Å². The molecule has 0 unspecified atom stereocenters. The minimum Gasteiger partial charge on any atom is -0.340 e. The molecule has 2 N–H and O–H groups in total. The van der Waals surface area contributed by atoms with Crippen LogP contribution in [0.15, 0.2) is 72.7 Å². The molecular formula is C33H42FN5O. The van der Waals surface area contributed by atoms with E-state index in [0.29, 0.717) is 18.7 Å². The number of nitrogens with zero attached hydrogens (tertiary/aromatic N) is 3. The van der Waals surface area contributed by atoms with Crippen molar-refractivity contribution in [1.29, 1.82) is 0 Å². The highest BCUT2D eigenvalue weighted by Crippen LogP contribution is 2.25. The van der Waals surface area contributed by atoms with Crippen molar-refractivity contribution in [2.24, 2.45) is 0 Å². The number of rotatable bonds is 8. The number of ketones is 1. The number of hydrogen-bond donors (Lipinski definition) is 2. The number of alkyl halides is 1. The normalized spacial score (nSPS) is 11.1. The van der Waals surface area contributed by atoms with Crippen LogP contribution >= 0.6 is 0 Å². The quantitative estimate of drug-likeness (QED) is 0.217. The van der Waals surface area contributed by atoms with Crippen molar-refractivity contribution in [1.82, 2.24) is 20.2 Å². The van der Waals surface area contributed by atoms with Crippen molar-refractivity contribution in [3.63, 3.8) is 0 Å². The maximum atomic E-state index is 12.5. The van der Waals surface area contributed by atoms with E-state index in [-0.39, 0.29) is 5.78 Å². The smallest absolute Gasteiger partial charge is 0.161 e. The number of carbonyl (C=O) groups is 1. The van der Waals surface area contributed by atoms with Gasteiger partial charge < -0.3 is 5.32 Å². The summed E-state index contributed by atoms with van der Waals surface area (Å²) >= 11 is 0. The molecule has 0 atom stereocenters. The third-order valence-electron chi connectivity index (χ3n) is 6.57. The zero-order chi connectivity index (χ0) is 29.7. The van der Waals surface area contributed by atoms with Crippen molar-refractivity contribution < 1.29 is 9.18 Å². The van der Waals surface area contributed by atoms with E-state index >= 15 is 0 Å². The number of allylic oxidation sites excluding steroid dienone is 1. The third-order valence-corrected chi connectivity index (χ3v) is 6.57. The minimum atomic E-state index is -0.917. The van der Waals surface area contributed by atoms with E-state index < -0.39 is 5.67 Å². The first-order chi connectivity index (χ1) is 19.1. The van der Waals surface area contributed by atoms with Gasteiger partial charge in [-0.25, -0.2) is 14.4 Å². The molecule has 0 saturated carbocycles. The Hall–Kier alpha value is -4.13. The van der Waals surface area contributed by atoms with Crippen molar-refractivity contribution in [2.75, 3.05) is 5.32 Å². The number of benzene rings is 2. The summed E-state index contributed by atoms with van der Waals surface area (Å²) in [5.41, 5.74) is 5.90.